The second-order valence-electron chi connectivity index (χ2n) is 5.27. The van der Waals surface area contributed by atoms with E-state index in [0.29, 0.717) is 5.02 Å². The number of aromatic nitrogens is 4. The quantitative estimate of drug-likeness (QED) is 0.723. The molecule has 1 aromatic carbocycles. The summed E-state index contributed by atoms with van der Waals surface area (Å²) in [6.07, 6.45) is -3.72. The molecule has 0 aliphatic heterocycles. The maximum atomic E-state index is 13.4. The van der Waals surface area contributed by atoms with Crippen LogP contribution in [-0.2, 0) is 12.7 Å². The van der Waals surface area contributed by atoms with Crippen LogP contribution < -0.4 is 4.74 Å². The fraction of sp³-hybridized carbons (Fsp3) is 0.188. The molecule has 0 saturated heterocycles. The van der Waals surface area contributed by atoms with E-state index >= 15 is 0 Å². The standard InChI is InChI=1S/C16H12ClF3N4O2/c17-10-1-3-11(4-2-10)26-14-6-5-12(15(23-14)16(18,19)20)13(25)7-24-9-21-8-22-24/h1-6,8-9,13,25H,7H2. The molecular formula is C16H12ClF3N4O2. The number of hydrogen-bond acceptors (Lipinski definition) is 5. The number of benzene rings is 1. The van der Waals surface area contributed by atoms with Gasteiger partial charge in [-0.05, 0) is 30.3 Å². The number of pyridine rings is 1. The van der Waals surface area contributed by atoms with Crippen LogP contribution in [0.15, 0.2) is 49.1 Å². The normalized spacial score (nSPS) is 12.8. The SMILES string of the molecule is OC(Cn1cncn1)c1ccc(Oc2ccc(Cl)cc2)nc1C(F)(F)F. The average Bonchev–Trinajstić information content (AvgIpc) is 3.09. The van der Waals surface area contributed by atoms with E-state index in [0.717, 1.165) is 6.07 Å². The van der Waals surface area contributed by atoms with Crippen molar-refractivity contribution >= 4 is 11.6 Å². The molecule has 0 bridgehead atoms. The van der Waals surface area contributed by atoms with Crippen molar-refractivity contribution in [2.24, 2.45) is 0 Å². The van der Waals surface area contributed by atoms with Crippen LogP contribution >= 0.6 is 11.6 Å². The molecule has 0 aliphatic carbocycles. The lowest BCUT2D eigenvalue weighted by atomic mass is 10.1. The van der Waals surface area contributed by atoms with E-state index in [4.69, 9.17) is 16.3 Å². The summed E-state index contributed by atoms with van der Waals surface area (Å²) in [5, 5.41) is 14.4. The summed E-state index contributed by atoms with van der Waals surface area (Å²) in [5.74, 6) is 0.0299. The molecule has 0 aliphatic rings. The monoisotopic (exact) mass is 384 g/mol. The molecule has 3 rings (SSSR count). The van der Waals surface area contributed by atoms with E-state index in [1.807, 2.05) is 0 Å². The van der Waals surface area contributed by atoms with Crippen LogP contribution in [0.1, 0.15) is 17.4 Å². The topological polar surface area (TPSA) is 73.1 Å². The Hall–Kier alpha value is -2.65. The number of aliphatic hydroxyl groups excluding tert-OH is 1. The van der Waals surface area contributed by atoms with Crippen molar-refractivity contribution in [1.29, 1.82) is 0 Å². The minimum Gasteiger partial charge on any atom is -0.439 e. The van der Waals surface area contributed by atoms with Gasteiger partial charge in [-0.2, -0.15) is 18.3 Å². The van der Waals surface area contributed by atoms with Crippen LogP contribution in [0.25, 0.3) is 0 Å². The first-order valence-electron chi connectivity index (χ1n) is 7.35. The number of alkyl halides is 3. The Labute approximate surface area is 150 Å². The molecule has 136 valence electrons. The first-order valence-corrected chi connectivity index (χ1v) is 7.73. The summed E-state index contributed by atoms with van der Waals surface area (Å²) < 4.78 is 46.7. The molecule has 0 saturated carbocycles. The Morgan fingerprint density at radius 2 is 1.88 bits per heavy atom. The van der Waals surface area contributed by atoms with E-state index in [2.05, 4.69) is 15.1 Å². The molecule has 26 heavy (non-hydrogen) atoms. The van der Waals surface area contributed by atoms with Gasteiger partial charge in [-0.25, -0.2) is 9.97 Å². The van der Waals surface area contributed by atoms with Crippen LogP contribution in [0.3, 0.4) is 0 Å². The zero-order valence-electron chi connectivity index (χ0n) is 13.1. The van der Waals surface area contributed by atoms with E-state index in [9.17, 15) is 18.3 Å². The summed E-state index contributed by atoms with van der Waals surface area (Å²) in [7, 11) is 0. The molecular weight excluding hydrogens is 373 g/mol. The maximum Gasteiger partial charge on any atom is 0.433 e. The summed E-state index contributed by atoms with van der Waals surface area (Å²) >= 11 is 5.75. The van der Waals surface area contributed by atoms with Gasteiger partial charge in [0.1, 0.15) is 24.5 Å². The predicted molar refractivity (Wildman–Crippen MR) is 85.7 cm³/mol. The second kappa shape index (κ2) is 7.30. The zero-order valence-corrected chi connectivity index (χ0v) is 13.8. The molecule has 3 aromatic rings. The number of rotatable bonds is 5. The Morgan fingerprint density at radius 1 is 1.15 bits per heavy atom. The van der Waals surface area contributed by atoms with Gasteiger partial charge < -0.3 is 9.84 Å². The summed E-state index contributed by atoms with van der Waals surface area (Å²) in [6, 6.07) is 8.47. The van der Waals surface area contributed by atoms with Gasteiger partial charge in [0.2, 0.25) is 5.88 Å². The Morgan fingerprint density at radius 3 is 2.50 bits per heavy atom. The van der Waals surface area contributed by atoms with Crippen molar-refractivity contribution in [2.45, 2.75) is 18.8 Å². The van der Waals surface area contributed by atoms with Crippen molar-refractivity contribution in [3.8, 4) is 11.6 Å². The van der Waals surface area contributed by atoms with E-state index in [1.54, 1.807) is 0 Å². The molecule has 1 atom stereocenters. The molecule has 6 nitrogen and oxygen atoms in total. The fourth-order valence-electron chi connectivity index (χ4n) is 2.23. The largest absolute Gasteiger partial charge is 0.439 e. The Kier molecular flexibility index (Phi) is 5.10. The minimum atomic E-state index is -4.77. The van der Waals surface area contributed by atoms with Gasteiger partial charge in [0, 0.05) is 16.7 Å². The highest BCUT2D eigenvalue weighted by atomic mass is 35.5. The van der Waals surface area contributed by atoms with Gasteiger partial charge in [0.15, 0.2) is 5.69 Å². The zero-order chi connectivity index (χ0) is 18.7. The van der Waals surface area contributed by atoms with Crippen LogP contribution in [-0.4, -0.2) is 24.9 Å². The molecule has 1 unspecified atom stereocenters. The third kappa shape index (κ3) is 4.30. The van der Waals surface area contributed by atoms with E-state index in [1.165, 1.54) is 47.7 Å². The molecule has 2 heterocycles. The highest BCUT2D eigenvalue weighted by molar-refractivity contribution is 6.30. The lowest BCUT2D eigenvalue weighted by Crippen LogP contribution is -2.18. The van der Waals surface area contributed by atoms with Gasteiger partial charge in [-0.15, -0.1) is 0 Å². The average molecular weight is 385 g/mol. The van der Waals surface area contributed by atoms with Crippen molar-refractivity contribution < 1.29 is 23.0 Å². The molecule has 0 amide bonds. The molecule has 0 spiro atoms. The van der Waals surface area contributed by atoms with E-state index < -0.39 is 18.0 Å². The number of halogens is 4. The predicted octanol–water partition coefficient (Wildman–Crippen LogP) is 3.87. The number of nitrogens with zero attached hydrogens (tertiary/aromatic N) is 4. The maximum absolute atomic E-state index is 13.4. The molecule has 0 radical (unpaired) electrons. The lowest BCUT2D eigenvalue weighted by molar-refractivity contribution is -0.143. The first-order chi connectivity index (χ1) is 12.3. The summed E-state index contributed by atoms with van der Waals surface area (Å²) in [4.78, 5) is 7.21. The van der Waals surface area contributed by atoms with Crippen LogP contribution in [0.2, 0.25) is 5.02 Å². The van der Waals surface area contributed by atoms with Gasteiger partial charge in [-0.1, -0.05) is 11.6 Å². The van der Waals surface area contributed by atoms with Gasteiger partial charge in [-0.3, -0.25) is 4.68 Å². The number of hydrogen-bond donors (Lipinski definition) is 1. The van der Waals surface area contributed by atoms with Crippen LogP contribution in [0.4, 0.5) is 13.2 Å². The first kappa shape index (κ1) is 18.2. The molecule has 0 fully saturated rings. The van der Waals surface area contributed by atoms with Crippen LogP contribution in [0.5, 0.6) is 11.6 Å². The number of ether oxygens (including phenoxy) is 1. The van der Waals surface area contributed by atoms with Gasteiger partial charge >= 0.3 is 6.18 Å². The van der Waals surface area contributed by atoms with Gasteiger partial charge in [0.05, 0.1) is 6.54 Å². The third-order valence-electron chi connectivity index (χ3n) is 3.39. The summed E-state index contributed by atoms with van der Waals surface area (Å²) in [6.45, 7) is -0.192. The highest BCUT2D eigenvalue weighted by Gasteiger charge is 2.37. The molecule has 10 heteroatoms. The second-order valence-corrected chi connectivity index (χ2v) is 5.71. The Bertz CT molecular complexity index is 870. The molecule has 1 N–H and O–H groups in total. The highest BCUT2D eigenvalue weighted by Crippen LogP contribution is 2.35. The van der Waals surface area contributed by atoms with Crippen molar-refractivity contribution in [3.63, 3.8) is 0 Å². The minimum absolute atomic E-state index is 0.192. The van der Waals surface area contributed by atoms with Crippen molar-refractivity contribution in [3.05, 3.63) is 65.3 Å². The smallest absolute Gasteiger partial charge is 0.433 e. The third-order valence-corrected chi connectivity index (χ3v) is 3.64. The number of aliphatic hydroxyl groups is 1. The van der Waals surface area contributed by atoms with Crippen molar-refractivity contribution in [1.82, 2.24) is 19.7 Å². The van der Waals surface area contributed by atoms with Gasteiger partial charge in [0.25, 0.3) is 0 Å². The van der Waals surface area contributed by atoms with Crippen molar-refractivity contribution in [2.75, 3.05) is 0 Å². The fourth-order valence-corrected chi connectivity index (χ4v) is 2.36. The lowest BCUT2D eigenvalue weighted by Gasteiger charge is -2.17. The molecule has 2 aromatic heterocycles. The Balaban J connectivity index is 1.89. The van der Waals surface area contributed by atoms with E-state index in [-0.39, 0.29) is 23.7 Å². The summed E-state index contributed by atoms with van der Waals surface area (Å²) in [5.41, 5.74) is -1.60. The van der Waals surface area contributed by atoms with Crippen LogP contribution in [0, 0.1) is 0 Å².